The molecule has 0 spiro atoms. The summed E-state index contributed by atoms with van der Waals surface area (Å²) in [5.41, 5.74) is 1.26. The molecule has 1 aromatic heterocycles. The zero-order valence-electron chi connectivity index (χ0n) is 25.2. The number of pyridine rings is 1. The minimum Gasteiger partial charge on any atom is -0.445 e. The van der Waals surface area contributed by atoms with Gasteiger partial charge >= 0.3 is 41.9 Å². The predicted octanol–water partition coefficient (Wildman–Crippen LogP) is 7.91. The van der Waals surface area contributed by atoms with E-state index in [1.807, 2.05) is 0 Å². The van der Waals surface area contributed by atoms with Gasteiger partial charge in [0.1, 0.15) is 12.6 Å². The van der Waals surface area contributed by atoms with Crippen molar-refractivity contribution < 1.29 is 71.4 Å². The number of aromatic nitrogens is 1. The number of halogens is 13. The summed E-state index contributed by atoms with van der Waals surface area (Å²) >= 11 is 0. The molecule has 0 saturated carbocycles. The van der Waals surface area contributed by atoms with Crippen molar-refractivity contribution in [3.8, 4) is 0 Å². The molecular weight excluding hydrogens is 709 g/mol. The molecule has 0 unspecified atom stereocenters. The van der Waals surface area contributed by atoms with Gasteiger partial charge in [-0.1, -0.05) is 54.6 Å². The molecular formula is C31H26F13N3O3. The third-order valence-electron chi connectivity index (χ3n) is 7.23. The Bertz CT molecular complexity index is 1570. The second-order valence-corrected chi connectivity index (χ2v) is 10.9. The van der Waals surface area contributed by atoms with E-state index in [1.54, 1.807) is 42.5 Å². The summed E-state index contributed by atoms with van der Waals surface area (Å²) in [5.74, 6) is -37.7. The van der Waals surface area contributed by atoms with Gasteiger partial charge < -0.3 is 15.4 Å². The Morgan fingerprint density at radius 1 is 0.640 bits per heavy atom. The summed E-state index contributed by atoms with van der Waals surface area (Å²) in [5, 5.41) is 5.08. The van der Waals surface area contributed by atoms with Crippen LogP contribution in [0, 0.1) is 0 Å². The molecule has 274 valence electrons. The van der Waals surface area contributed by atoms with Crippen molar-refractivity contribution in [2.45, 2.75) is 74.2 Å². The van der Waals surface area contributed by atoms with Crippen molar-refractivity contribution in [3.05, 3.63) is 101 Å². The summed E-state index contributed by atoms with van der Waals surface area (Å²) < 4.78 is 178. The van der Waals surface area contributed by atoms with Crippen LogP contribution in [0.5, 0.6) is 0 Å². The van der Waals surface area contributed by atoms with Crippen LogP contribution in [-0.2, 0) is 35.5 Å². The molecule has 0 aliphatic carbocycles. The van der Waals surface area contributed by atoms with Gasteiger partial charge in [0.15, 0.2) is 0 Å². The maximum absolute atomic E-state index is 14.1. The summed E-state index contributed by atoms with van der Waals surface area (Å²) in [7, 11) is 0. The Kier molecular flexibility index (Phi) is 12.1. The quantitative estimate of drug-likeness (QED) is 0.156. The van der Waals surface area contributed by atoms with Gasteiger partial charge in [-0.3, -0.25) is 9.78 Å². The van der Waals surface area contributed by atoms with Crippen molar-refractivity contribution in [3.63, 3.8) is 0 Å². The first-order valence-corrected chi connectivity index (χ1v) is 14.2. The summed E-state index contributed by atoms with van der Waals surface area (Å²) in [6, 6.07) is 14.9. The highest BCUT2D eigenvalue weighted by Gasteiger charge is 2.90. The highest BCUT2D eigenvalue weighted by atomic mass is 19.4. The maximum atomic E-state index is 14.1. The van der Waals surface area contributed by atoms with E-state index in [0.717, 1.165) is 29.8 Å². The number of ether oxygens (including phenoxy) is 1. The first-order chi connectivity index (χ1) is 23.0. The lowest BCUT2D eigenvalue weighted by Crippen LogP contribution is -2.70. The third-order valence-corrected chi connectivity index (χ3v) is 7.23. The molecule has 0 bridgehead atoms. The van der Waals surface area contributed by atoms with Gasteiger partial charge in [-0.15, -0.1) is 0 Å². The minimum absolute atomic E-state index is 0.0603. The van der Waals surface area contributed by atoms with Crippen LogP contribution in [0.15, 0.2) is 79.1 Å². The standard InChI is InChI=1S/C31H26F13N3O3/c32-26(33,27(34,35)28(36,37)29(38,39)30(40,41)31(42,43)44)13-10-19-6-8-22(9-7-19)18-50-25(49)47-23(16-20-4-2-1-3-5-20)24(48)46-17-21-11-14-45-15-12-21/h1-9,11-12,14-15,23H,10,13,16-18H2,(H,46,48)(H,47,49)/t23-/m1/s1. The Labute approximate surface area is 275 Å². The molecule has 19 heteroatoms. The van der Waals surface area contributed by atoms with Gasteiger partial charge in [0.05, 0.1) is 0 Å². The van der Waals surface area contributed by atoms with Gasteiger partial charge in [-0.25, -0.2) is 4.79 Å². The SMILES string of the molecule is O=C(N[C@H](Cc1ccccc1)C(=O)NCc1ccncc1)OCc1ccc(CCC(F)(F)C(F)(F)C(F)(F)C(F)(F)C(F)(F)C(F)(F)F)cc1. The van der Waals surface area contributed by atoms with Crippen LogP contribution >= 0.6 is 0 Å². The average Bonchev–Trinajstić information content (AvgIpc) is 3.05. The smallest absolute Gasteiger partial charge is 0.445 e. The van der Waals surface area contributed by atoms with Crippen molar-refractivity contribution in [2.75, 3.05) is 0 Å². The molecule has 2 amide bonds. The van der Waals surface area contributed by atoms with E-state index in [1.165, 1.54) is 12.4 Å². The van der Waals surface area contributed by atoms with E-state index >= 15 is 0 Å². The molecule has 0 saturated heterocycles. The van der Waals surface area contributed by atoms with Crippen LogP contribution in [-0.4, -0.2) is 58.8 Å². The van der Waals surface area contributed by atoms with Crippen LogP contribution < -0.4 is 10.6 Å². The van der Waals surface area contributed by atoms with Crippen molar-refractivity contribution in [1.82, 2.24) is 15.6 Å². The second-order valence-electron chi connectivity index (χ2n) is 10.9. The van der Waals surface area contributed by atoms with E-state index in [4.69, 9.17) is 4.74 Å². The number of carbonyl (C=O) groups is 2. The van der Waals surface area contributed by atoms with Crippen LogP contribution in [0.1, 0.15) is 28.7 Å². The number of benzene rings is 2. The molecule has 0 radical (unpaired) electrons. The average molecular weight is 736 g/mol. The Balaban J connectivity index is 1.61. The van der Waals surface area contributed by atoms with E-state index in [-0.39, 0.29) is 24.1 Å². The third kappa shape index (κ3) is 8.76. The molecule has 50 heavy (non-hydrogen) atoms. The Morgan fingerprint density at radius 2 is 1.18 bits per heavy atom. The first-order valence-electron chi connectivity index (χ1n) is 14.2. The van der Waals surface area contributed by atoms with Gasteiger partial charge in [-0.05, 0) is 40.8 Å². The number of aryl methyl sites for hydroxylation is 1. The number of amides is 2. The molecule has 0 aliphatic heterocycles. The number of hydrogen-bond acceptors (Lipinski definition) is 4. The van der Waals surface area contributed by atoms with Gasteiger partial charge in [0.2, 0.25) is 5.91 Å². The topological polar surface area (TPSA) is 80.3 Å². The van der Waals surface area contributed by atoms with Gasteiger partial charge in [0.25, 0.3) is 0 Å². The number of rotatable bonds is 15. The van der Waals surface area contributed by atoms with Crippen LogP contribution in [0.3, 0.4) is 0 Å². The Hall–Kier alpha value is -4.58. The van der Waals surface area contributed by atoms with E-state index in [2.05, 4.69) is 15.6 Å². The van der Waals surface area contributed by atoms with Crippen molar-refractivity contribution in [1.29, 1.82) is 0 Å². The molecule has 0 aliphatic rings. The molecule has 0 fully saturated rings. The number of nitrogens with zero attached hydrogens (tertiary/aromatic N) is 1. The first kappa shape index (κ1) is 39.9. The number of alkyl carbamates (subject to hydrolysis) is 1. The lowest BCUT2D eigenvalue weighted by atomic mass is 9.91. The molecule has 3 rings (SSSR count). The van der Waals surface area contributed by atoms with Gasteiger partial charge in [-0.2, -0.15) is 57.1 Å². The van der Waals surface area contributed by atoms with E-state index in [0.29, 0.717) is 5.56 Å². The predicted molar refractivity (Wildman–Crippen MR) is 149 cm³/mol. The largest absolute Gasteiger partial charge is 0.460 e. The summed E-state index contributed by atoms with van der Waals surface area (Å²) in [6.45, 7) is -0.381. The molecule has 3 aromatic rings. The Morgan fingerprint density at radius 3 is 1.74 bits per heavy atom. The molecule has 6 nitrogen and oxygen atoms in total. The fourth-order valence-electron chi connectivity index (χ4n) is 4.27. The molecule has 1 atom stereocenters. The zero-order valence-corrected chi connectivity index (χ0v) is 25.2. The van der Waals surface area contributed by atoms with Crippen LogP contribution in [0.4, 0.5) is 61.9 Å². The number of nitrogens with one attached hydrogen (secondary N) is 2. The fraction of sp³-hybridized carbons (Fsp3) is 0.387. The molecule has 1 heterocycles. The second kappa shape index (κ2) is 15.1. The molecule has 2 aromatic carbocycles. The van der Waals surface area contributed by atoms with E-state index < -0.39 is 73.3 Å². The number of carbonyl (C=O) groups excluding carboxylic acids is 2. The molecule has 2 N–H and O–H groups in total. The normalized spacial score (nSPS) is 13.8. The van der Waals surface area contributed by atoms with Crippen molar-refractivity contribution in [2.24, 2.45) is 0 Å². The lowest BCUT2D eigenvalue weighted by molar-refractivity contribution is -0.440. The summed E-state index contributed by atoms with van der Waals surface area (Å²) in [6.07, 6.45) is -9.07. The van der Waals surface area contributed by atoms with Crippen LogP contribution in [0.2, 0.25) is 0 Å². The van der Waals surface area contributed by atoms with Gasteiger partial charge in [0, 0.05) is 31.8 Å². The van der Waals surface area contributed by atoms with Crippen LogP contribution in [0.25, 0.3) is 0 Å². The summed E-state index contributed by atoms with van der Waals surface area (Å²) in [4.78, 5) is 29.3. The minimum atomic E-state index is -7.95. The highest BCUT2D eigenvalue weighted by molar-refractivity contribution is 5.85. The number of alkyl halides is 13. The maximum Gasteiger partial charge on any atom is 0.460 e. The van der Waals surface area contributed by atoms with Crippen molar-refractivity contribution >= 4 is 12.0 Å². The number of hydrogen-bond donors (Lipinski definition) is 2. The van der Waals surface area contributed by atoms with E-state index in [9.17, 15) is 66.7 Å². The monoisotopic (exact) mass is 735 g/mol. The fourth-order valence-corrected chi connectivity index (χ4v) is 4.27. The zero-order chi connectivity index (χ0) is 37.6. The highest BCUT2D eigenvalue weighted by Crippen LogP contribution is 2.60. The lowest BCUT2D eigenvalue weighted by Gasteiger charge is -2.39.